The largest absolute Gasteiger partial charge is 0.324 e. The van der Waals surface area contributed by atoms with Gasteiger partial charge in [0.2, 0.25) is 5.91 Å². The summed E-state index contributed by atoms with van der Waals surface area (Å²) in [6.45, 7) is 0.884. The van der Waals surface area contributed by atoms with Crippen LogP contribution in [0.4, 0.5) is 5.69 Å². The number of hydrogen-bond acceptors (Lipinski definition) is 2. The standard InChI is InChI=1S/C37H31N2OP/c40-37(33-20-11-25-38-33)39-32-23-21-26-12-7-9-18-30(26)35(32)36-31-19-10-8-13-27(31)22-24-34(36)41(28-14-3-1-4-15-28)29-16-5-2-6-17-29/h1-10,12-19,21-24,33,38H,11,20,25H2,(H,39,40)/t33-/m0/s1. The van der Waals surface area contributed by atoms with Crippen molar-refractivity contribution in [2.75, 3.05) is 11.9 Å². The maximum absolute atomic E-state index is 13.5. The molecule has 6 aromatic carbocycles. The molecule has 0 spiro atoms. The van der Waals surface area contributed by atoms with E-state index in [2.05, 4.69) is 144 Å². The van der Waals surface area contributed by atoms with Crippen LogP contribution in [-0.4, -0.2) is 18.5 Å². The summed E-state index contributed by atoms with van der Waals surface area (Å²) < 4.78 is 0. The third kappa shape index (κ3) is 4.93. The molecule has 1 atom stereocenters. The lowest BCUT2D eigenvalue weighted by Crippen LogP contribution is -2.35. The van der Waals surface area contributed by atoms with Gasteiger partial charge in [0, 0.05) is 16.8 Å². The summed E-state index contributed by atoms with van der Waals surface area (Å²) in [5.41, 5.74) is 3.13. The second kappa shape index (κ2) is 11.3. The van der Waals surface area contributed by atoms with Gasteiger partial charge >= 0.3 is 0 Å². The zero-order chi connectivity index (χ0) is 27.6. The molecule has 0 saturated carbocycles. The minimum Gasteiger partial charge on any atom is -0.324 e. The van der Waals surface area contributed by atoms with Gasteiger partial charge in [0.05, 0.1) is 6.04 Å². The van der Waals surface area contributed by atoms with Crippen LogP contribution < -0.4 is 26.5 Å². The highest BCUT2D eigenvalue weighted by molar-refractivity contribution is 7.80. The zero-order valence-electron chi connectivity index (χ0n) is 22.8. The Kier molecular flexibility index (Phi) is 7.07. The third-order valence-corrected chi connectivity index (χ3v) is 10.5. The Labute approximate surface area is 242 Å². The van der Waals surface area contributed by atoms with Crippen LogP contribution in [0, 0.1) is 0 Å². The second-order valence-electron chi connectivity index (χ2n) is 10.5. The Hall–Kier alpha value is -4.30. The summed E-state index contributed by atoms with van der Waals surface area (Å²) in [7, 11) is -0.885. The maximum atomic E-state index is 13.5. The van der Waals surface area contributed by atoms with Gasteiger partial charge in [-0.2, -0.15) is 0 Å². The van der Waals surface area contributed by atoms with Crippen LogP contribution in [0.1, 0.15) is 12.8 Å². The molecule has 200 valence electrons. The number of rotatable bonds is 6. The quantitative estimate of drug-likeness (QED) is 0.217. The first-order valence-corrected chi connectivity index (χ1v) is 15.6. The predicted molar refractivity (Wildman–Crippen MR) is 175 cm³/mol. The second-order valence-corrected chi connectivity index (χ2v) is 12.7. The lowest BCUT2D eigenvalue weighted by molar-refractivity contribution is -0.117. The first-order valence-electron chi connectivity index (χ1n) is 14.3. The summed E-state index contributed by atoms with van der Waals surface area (Å²) in [5, 5.41) is 15.3. The van der Waals surface area contributed by atoms with E-state index in [9.17, 15) is 4.79 Å². The molecule has 7 rings (SSSR count). The highest BCUT2D eigenvalue weighted by atomic mass is 31.1. The van der Waals surface area contributed by atoms with Crippen molar-refractivity contribution in [2.45, 2.75) is 18.9 Å². The van der Waals surface area contributed by atoms with Crippen molar-refractivity contribution >= 4 is 57.0 Å². The summed E-state index contributed by atoms with van der Waals surface area (Å²) in [6, 6.07) is 47.4. The normalized spacial score (nSPS) is 15.0. The number of anilines is 1. The molecule has 3 nitrogen and oxygen atoms in total. The molecule has 4 heteroatoms. The van der Waals surface area contributed by atoms with Crippen molar-refractivity contribution < 1.29 is 4.79 Å². The van der Waals surface area contributed by atoms with Crippen molar-refractivity contribution in [2.24, 2.45) is 0 Å². The number of carbonyl (C=O) groups is 1. The Balaban J connectivity index is 1.55. The number of nitrogens with one attached hydrogen (secondary N) is 2. The molecule has 1 amide bonds. The fourth-order valence-corrected chi connectivity index (χ4v) is 8.54. The number of hydrogen-bond donors (Lipinski definition) is 2. The maximum Gasteiger partial charge on any atom is 0.241 e. The molecule has 1 heterocycles. The topological polar surface area (TPSA) is 41.1 Å². The van der Waals surface area contributed by atoms with Crippen LogP contribution in [-0.2, 0) is 4.79 Å². The average molecular weight is 551 g/mol. The molecular formula is C37H31N2OP. The van der Waals surface area contributed by atoms with Gasteiger partial charge in [-0.1, -0.05) is 127 Å². The van der Waals surface area contributed by atoms with Crippen LogP contribution in [0.25, 0.3) is 32.7 Å². The van der Waals surface area contributed by atoms with E-state index in [4.69, 9.17) is 0 Å². The predicted octanol–water partition coefficient (Wildman–Crippen LogP) is 7.11. The molecule has 0 radical (unpaired) electrons. The fraction of sp³-hybridized carbons (Fsp3) is 0.108. The molecule has 41 heavy (non-hydrogen) atoms. The molecule has 1 saturated heterocycles. The Morgan fingerprint density at radius 3 is 1.80 bits per heavy atom. The summed E-state index contributed by atoms with van der Waals surface area (Å²) in [4.78, 5) is 13.5. The van der Waals surface area contributed by atoms with Gasteiger partial charge in [-0.3, -0.25) is 4.79 Å². The molecule has 1 aliphatic heterocycles. The molecule has 0 bridgehead atoms. The van der Waals surface area contributed by atoms with Gasteiger partial charge in [-0.05, 0) is 70.8 Å². The number of benzene rings is 6. The van der Waals surface area contributed by atoms with Crippen molar-refractivity contribution in [3.8, 4) is 11.1 Å². The van der Waals surface area contributed by atoms with Gasteiger partial charge in [0.15, 0.2) is 0 Å². The minimum absolute atomic E-state index is 0.0363. The highest BCUT2D eigenvalue weighted by Gasteiger charge is 2.27. The van der Waals surface area contributed by atoms with Crippen LogP contribution >= 0.6 is 7.92 Å². The summed E-state index contributed by atoms with van der Waals surface area (Å²) in [6.07, 6.45) is 1.89. The monoisotopic (exact) mass is 550 g/mol. The van der Waals surface area contributed by atoms with Gasteiger partial charge in [-0.25, -0.2) is 0 Å². The van der Waals surface area contributed by atoms with Gasteiger partial charge in [0.25, 0.3) is 0 Å². The van der Waals surface area contributed by atoms with Gasteiger partial charge < -0.3 is 10.6 Å². The lowest BCUT2D eigenvalue weighted by atomic mass is 9.92. The van der Waals surface area contributed by atoms with E-state index in [1.807, 2.05) is 0 Å². The first kappa shape index (κ1) is 25.7. The van der Waals surface area contributed by atoms with Crippen molar-refractivity contribution in [3.63, 3.8) is 0 Å². The van der Waals surface area contributed by atoms with E-state index in [1.54, 1.807) is 0 Å². The van der Waals surface area contributed by atoms with Crippen molar-refractivity contribution in [3.05, 3.63) is 133 Å². The van der Waals surface area contributed by atoms with Crippen LogP contribution in [0.5, 0.6) is 0 Å². The average Bonchev–Trinajstić information content (AvgIpc) is 3.58. The fourth-order valence-electron chi connectivity index (χ4n) is 6.06. The molecular weight excluding hydrogens is 519 g/mol. The molecule has 2 N–H and O–H groups in total. The number of fused-ring (bicyclic) bond motifs is 2. The molecule has 0 aromatic heterocycles. The summed E-state index contributed by atoms with van der Waals surface area (Å²) in [5.74, 6) is 0.0363. The van der Waals surface area contributed by atoms with E-state index in [0.29, 0.717) is 0 Å². The van der Waals surface area contributed by atoms with E-state index in [1.165, 1.54) is 32.2 Å². The summed E-state index contributed by atoms with van der Waals surface area (Å²) >= 11 is 0. The molecule has 0 aliphatic carbocycles. The van der Waals surface area contributed by atoms with Crippen molar-refractivity contribution in [1.82, 2.24) is 5.32 Å². The Morgan fingerprint density at radius 2 is 1.20 bits per heavy atom. The van der Waals surface area contributed by atoms with Crippen LogP contribution in [0.2, 0.25) is 0 Å². The Morgan fingerprint density at radius 1 is 0.634 bits per heavy atom. The van der Waals surface area contributed by atoms with Crippen molar-refractivity contribution in [1.29, 1.82) is 0 Å². The van der Waals surface area contributed by atoms with E-state index < -0.39 is 7.92 Å². The van der Waals surface area contributed by atoms with E-state index in [-0.39, 0.29) is 11.9 Å². The van der Waals surface area contributed by atoms with Crippen LogP contribution in [0.3, 0.4) is 0 Å². The SMILES string of the molecule is O=C(Nc1ccc2ccccc2c1-c1c(P(c2ccccc2)c2ccccc2)ccc2ccccc12)[C@@H]1CCCN1. The molecule has 1 aliphatic rings. The van der Waals surface area contributed by atoms with E-state index >= 15 is 0 Å². The molecule has 1 fully saturated rings. The smallest absolute Gasteiger partial charge is 0.241 e. The van der Waals surface area contributed by atoms with Gasteiger partial charge in [-0.15, -0.1) is 0 Å². The van der Waals surface area contributed by atoms with Gasteiger partial charge in [0.1, 0.15) is 0 Å². The Bertz CT molecular complexity index is 1810. The van der Waals surface area contributed by atoms with E-state index in [0.717, 1.165) is 41.4 Å². The molecule has 0 unspecified atom stereocenters. The highest BCUT2D eigenvalue weighted by Crippen LogP contribution is 2.44. The van der Waals surface area contributed by atoms with Crippen LogP contribution in [0.15, 0.2) is 133 Å². The third-order valence-electron chi connectivity index (χ3n) is 7.99. The number of carbonyl (C=O) groups excluding carboxylic acids is 1. The lowest BCUT2D eigenvalue weighted by Gasteiger charge is -2.26. The first-order chi connectivity index (χ1) is 20.3. The zero-order valence-corrected chi connectivity index (χ0v) is 23.7. The molecule has 6 aromatic rings. The number of amides is 1. The minimum atomic E-state index is -0.885.